The SMILES string of the molecule is COc1cccc(-c2nnc(SCc3cc(=O)c(O)co3)n2-c2ccc(Cl)cc2)c1. The highest BCUT2D eigenvalue weighted by molar-refractivity contribution is 7.98. The van der Waals surface area contributed by atoms with Crippen molar-refractivity contribution in [3.8, 4) is 28.6 Å². The Hall–Kier alpha value is -3.23. The van der Waals surface area contributed by atoms with Crippen LogP contribution in [-0.4, -0.2) is 27.0 Å². The Bertz CT molecular complexity index is 1240. The van der Waals surface area contributed by atoms with Crippen LogP contribution in [0.2, 0.25) is 5.02 Å². The third-order valence-corrected chi connectivity index (χ3v) is 5.46. The second kappa shape index (κ2) is 8.64. The molecule has 0 aliphatic heterocycles. The molecule has 0 aliphatic carbocycles. The third-order valence-electron chi connectivity index (χ3n) is 4.26. The van der Waals surface area contributed by atoms with E-state index in [0.717, 1.165) is 17.5 Å². The standard InChI is InChI=1S/C21H16ClN3O4S/c1-28-16-4-2-3-13(9-16)20-23-24-21(25(20)15-7-5-14(22)6-8-15)30-12-17-10-18(26)19(27)11-29-17/h2-11,27H,12H2,1H3. The number of methoxy groups -OCH3 is 1. The maximum Gasteiger partial charge on any atom is 0.226 e. The minimum absolute atomic E-state index is 0.333. The Morgan fingerprint density at radius 1 is 1.17 bits per heavy atom. The Balaban J connectivity index is 1.74. The molecule has 0 spiro atoms. The molecule has 2 aromatic carbocycles. The van der Waals surface area contributed by atoms with E-state index in [1.54, 1.807) is 19.2 Å². The average molecular weight is 442 g/mol. The fourth-order valence-corrected chi connectivity index (χ4v) is 3.76. The summed E-state index contributed by atoms with van der Waals surface area (Å²) in [4.78, 5) is 11.6. The molecule has 0 unspecified atom stereocenters. The molecule has 0 amide bonds. The van der Waals surface area contributed by atoms with Crippen molar-refractivity contribution in [2.24, 2.45) is 0 Å². The lowest BCUT2D eigenvalue weighted by Crippen LogP contribution is -2.01. The van der Waals surface area contributed by atoms with Gasteiger partial charge >= 0.3 is 0 Å². The van der Waals surface area contributed by atoms with E-state index in [9.17, 15) is 9.90 Å². The van der Waals surface area contributed by atoms with Gasteiger partial charge in [-0.05, 0) is 36.4 Å². The van der Waals surface area contributed by atoms with E-state index < -0.39 is 11.2 Å². The zero-order chi connectivity index (χ0) is 21.1. The fourth-order valence-electron chi connectivity index (χ4n) is 2.79. The van der Waals surface area contributed by atoms with Crippen LogP contribution in [0.4, 0.5) is 0 Å². The molecular formula is C21H16ClN3O4S. The fraction of sp³-hybridized carbons (Fsp3) is 0.0952. The highest BCUT2D eigenvalue weighted by Gasteiger charge is 2.17. The highest BCUT2D eigenvalue weighted by Crippen LogP contribution is 2.31. The van der Waals surface area contributed by atoms with Gasteiger partial charge in [0.15, 0.2) is 16.7 Å². The molecule has 0 saturated heterocycles. The molecule has 4 aromatic rings. The van der Waals surface area contributed by atoms with Crippen LogP contribution < -0.4 is 10.2 Å². The minimum atomic E-state index is -0.493. The van der Waals surface area contributed by atoms with Crippen LogP contribution in [0.15, 0.2) is 75.2 Å². The van der Waals surface area contributed by atoms with Gasteiger partial charge in [-0.1, -0.05) is 35.5 Å². The van der Waals surface area contributed by atoms with E-state index >= 15 is 0 Å². The van der Waals surface area contributed by atoms with Crippen LogP contribution in [0.5, 0.6) is 11.5 Å². The topological polar surface area (TPSA) is 90.4 Å². The number of benzene rings is 2. The van der Waals surface area contributed by atoms with Crippen molar-refractivity contribution < 1.29 is 14.3 Å². The predicted octanol–water partition coefficient (Wildman–Crippen LogP) is 4.55. The van der Waals surface area contributed by atoms with Gasteiger partial charge in [0, 0.05) is 22.3 Å². The zero-order valence-corrected chi connectivity index (χ0v) is 17.4. The zero-order valence-electron chi connectivity index (χ0n) is 15.8. The number of nitrogens with zero attached hydrogens (tertiary/aromatic N) is 3. The highest BCUT2D eigenvalue weighted by atomic mass is 35.5. The van der Waals surface area contributed by atoms with Crippen LogP contribution in [-0.2, 0) is 5.75 Å². The van der Waals surface area contributed by atoms with Gasteiger partial charge in [-0.25, -0.2) is 0 Å². The van der Waals surface area contributed by atoms with Gasteiger partial charge in [0.1, 0.15) is 17.8 Å². The second-order valence-electron chi connectivity index (χ2n) is 6.23. The quantitative estimate of drug-likeness (QED) is 0.439. The number of aromatic nitrogens is 3. The molecule has 1 N–H and O–H groups in total. The maximum absolute atomic E-state index is 11.6. The number of aromatic hydroxyl groups is 1. The van der Waals surface area contributed by atoms with Crippen LogP contribution in [0, 0.1) is 0 Å². The van der Waals surface area contributed by atoms with Crippen molar-refractivity contribution in [2.75, 3.05) is 7.11 Å². The number of ether oxygens (including phenoxy) is 1. The summed E-state index contributed by atoms with van der Waals surface area (Å²) in [5, 5.41) is 19.3. The molecule has 9 heteroatoms. The summed E-state index contributed by atoms with van der Waals surface area (Å²) in [5.41, 5.74) is 1.17. The van der Waals surface area contributed by atoms with Gasteiger partial charge in [0.05, 0.1) is 12.9 Å². The first-order chi connectivity index (χ1) is 14.5. The maximum atomic E-state index is 11.6. The summed E-state index contributed by atoms with van der Waals surface area (Å²) in [7, 11) is 1.61. The van der Waals surface area contributed by atoms with Gasteiger partial charge in [0.2, 0.25) is 5.43 Å². The lowest BCUT2D eigenvalue weighted by molar-refractivity contribution is 0.415. The Morgan fingerprint density at radius 2 is 1.97 bits per heavy atom. The van der Waals surface area contributed by atoms with Crippen LogP contribution >= 0.6 is 23.4 Å². The number of hydrogen-bond donors (Lipinski definition) is 1. The summed E-state index contributed by atoms with van der Waals surface area (Å²) in [6.45, 7) is 0. The lowest BCUT2D eigenvalue weighted by Gasteiger charge is -2.11. The molecule has 0 atom stereocenters. The van der Waals surface area contributed by atoms with Gasteiger partial charge in [-0.3, -0.25) is 9.36 Å². The van der Waals surface area contributed by atoms with Crippen molar-refractivity contribution >= 4 is 23.4 Å². The first kappa shape index (κ1) is 20.1. The number of rotatable bonds is 6. The van der Waals surface area contributed by atoms with Crippen LogP contribution in [0.25, 0.3) is 17.1 Å². The van der Waals surface area contributed by atoms with Crippen LogP contribution in [0.3, 0.4) is 0 Å². The van der Waals surface area contributed by atoms with Gasteiger partial charge in [-0.15, -0.1) is 10.2 Å². The normalized spacial score (nSPS) is 10.9. The van der Waals surface area contributed by atoms with E-state index in [2.05, 4.69) is 10.2 Å². The molecule has 0 bridgehead atoms. The third kappa shape index (κ3) is 4.19. The molecule has 7 nitrogen and oxygen atoms in total. The first-order valence-corrected chi connectivity index (χ1v) is 10.2. The number of thioether (sulfide) groups is 1. The van der Waals surface area contributed by atoms with Crippen molar-refractivity contribution in [2.45, 2.75) is 10.9 Å². The molecule has 152 valence electrons. The largest absolute Gasteiger partial charge is 0.502 e. The van der Waals surface area contributed by atoms with Crippen molar-refractivity contribution in [3.05, 3.63) is 81.9 Å². The van der Waals surface area contributed by atoms with E-state index in [4.69, 9.17) is 20.8 Å². The smallest absolute Gasteiger partial charge is 0.226 e. The van der Waals surface area contributed by atoms with Crippen LogP contribution in [0.1, 0.15) is 5.76 Å². The molecule has 0 radical (unpaired) electrons. The molecule has 0 fully saturated rings. The van der Waals surface area contributed by atoms with E-state index in [1.807, 2.05) is 41.0 Å². The molecule has 2 heterocycles. The van der Waals surface area contributed by atoms with E-state index in [-0.39, 0.29) is 0 Å². The number of halogens is 1. The van der Waals surface area contributed by atoms with Gasteiger partial charge < -0.3 is 14.3 Å². The predicted molar refractivity (Wildman–Crippen MR) is 115 cm³/mol. The summed E-state index contributed by atoms with van der Waals surface area (Å²) >= 11 is 7.40. The molecule has 0 saturated carbocycles. The second-order valence-corrected chi connectivity index (χ2v) is 7.61. The monoisotopic (exact) mass is 441 g/mol. The lowest BCUT2D eigenvalue weighted by atomic mass is 10.2. The van der Waals surface area contributed by atoms with Gasteiger partial charge in [0.25, 0.3) is 0 Å². The molecular weight excluding hydrogens is 426 g/mol. The van der Waals surface area contributed by atoms with E-state index in [0.29, 0.717) is 33.3 Å². The minimum Gasteiger partial charge on any atom is -0.502 e. The molecule has 0 aliphatic rings. The van der Waals surface area contributed by atoms with Crippen molar-refractivity contribution in [1.82, 2.24) is 14.8 Å². The summed E-state index contributed by atoms with van der Waals surface area (Å²) < 4.78 is 12.5. The van der Waals surface area contributed by atoms with Gasteiger partial charge in [-0.2, -0.15) is 0 Å². The Labute approximate surface area is 180 Å². The summed E-state index contributed by atoms with van der Waals surface area (Å²) in [5.74, 6) is 1.66. The first-order valence-electron chi connectivity index (χ1n) is 8.84. The molecule has 4 rings (SSSR count). The summed E-state index contributed by atoms with van der Waals surface area (Å²) in [6.07, 6.45) is 1.03. The Morgan fingerprint density at radius 3 is 2.70 bits per heavy atom. The number of hydrogen-bond acceptors (Lipinski definition) is 7. The Kier molecular flexibility index (Phi) is 5.78. The molecule has 2 aromatic heterocycles. The molecule has 30 heavy (non-hydrogen) atoms. The van der Waals surface area contributed by atoms with Crippen molar-refractivity contribution in [1.29, 1.82) is 0 Å². The average Bonchev–Trinajstić information content (AvgIpc) is 3.19. The van der Waals surface area contributed by atoms with E-state index in [1.165, 1.54) is 17.8 Å². The van der Waals surface area contributed by atoms with Crippen molar-refractivity contribution in [3.63, 3.8) is 0 Å². The summed E-state index contributed by atoms with van der Waals surface area (Å²) in [6, 6.07) is 16.1.